The smallest absolute Gasteiger partial charge is 0.283 e. The van der Waals surface area contributed by atoms with E-state index >= 15 is 0 Å². The molecule has 0 N–H and O–H groups in total. The Bertz CT molecular complexity index is 497. The first-order chi connectivity index (χ1) is 7.01. The Morgan fingerprint density at radius 3 is 2.87 bits per heavy atom. The SMILES string of the molecule is CCCn1cc(S(=O)(=O)N=[N+]=[N-])nc1C. The molecule has 0 fully saturated rings. The summed E-state index contributed by atoms with van der Waals surface area (Å²) in [7, 11) is -3.95. The molecule has 0 radical (unpaired) electrons. The van der Waals surface area contributed by atoms with Crippen molar-refractivity contribution in [3.63, 3.8) is 0 Å². The van der Waals surface area contributed by atoms with Gasteiger partial charge in [-0.25, -0.2) is 13.4 Å². The number of nitrogens with zero attached hydrogens (tertiary/aromatic N) is 5. The van der Waals surface area contributed by atoms with Gasteiger partial charge in [0.25, 0.3) is 10.0 Å². The summed E-state index contributed by atoms with van der Waals surface area (Å²) in [5.74, 6) is 0.587. The van der Waals surface area contributed by atoms with Gasteiger partial charge in [-0.05, 0) is 18.9 Å². The van der Waals surface area contributed by atoms with Crippen molar-refractivity contribution in [2.45, 2.75) is 31.8 Å². The van der Waals surface area contributed by atoms with E-state index < -0.39 is 10.0 Å². The Hall–Kier alpha value is -1.53. The molecule has 0 aliphatic carbocycles. The molecule has 1 heterocycles. The highest BCUT2D eigenvalue weighted by atomic mass is 32.2. The van der Waals surface area contributed by atoms with E-state index in [0.717, 1.165) is 6.42 Å². The zero-order valence-electron chi connectivity index (χ0n) is 8.45. The lowest BCUT2D eigenvalue weighted by Gasteiger charge is -1.99. The van der Waals surface area contributed by atoms with E-state index in [-0.39, 0.29) is 5.03 Å². The van der Waals surface area contributed by atoms with Crippen LogP contribution >= 0.6 is 0 Å². The molecule has 0 saturated heterocycles. The van der Waals surface area contributed by atoms with Crippen LogP contribution in [0.2, 0.25) is 0 Å². The summed E-state index contributed by atoms with van der Waals surface area (Å²) in [4.78, 5) is 6.09. The van der Waals surface area contributed by atoms with E-state index in [1.165, 1.54) is 6.20 Å². The molecule has 0 unspecified atom stereocenters. The van der Waals surface area contributed by atoms with Gasteiger partial charge >= 0.3 is 0 Å². The molecular weight excluding hydrogens is 218 g/mol. The van der Waals surface area contributed by atoms with Gasteiger partial charge in [0.2, 0.25) is 0 Å². The second-order valence-electron chi connectivity index (χ2n) is 2.97. The third-order valence-corrected chi connectivity index (χ3v) is 2.84. The summed E-state index contributed by atoms with van der Waals surface area (Å²) in [5.41, 5.74) is 8.09. The van der Waals surface area contributed by atoms with Gasteiger partial charge in [-0.15, -0.1) is 0 Å². The minimum Gasteiger partial charge on any atom is -0.334 e. The highest BCUT2D eigenvalue weighted by Gasteiger charge is 2.17. The van der Waals surface area contributed by atoms with Gasteiger partial charge < -0.3 is 4.57 Å². The Morgan fingerprint density at radius 2 is 2.33 bits per heavy atom. The number of aryl methyl sites for hydroxylation is 2. The van der Waals surface area contributed by atoms with Crippen LogP contribution in [-0.2, 0) is 16.6 Å². The maximum atomic E-state index is 11.3. The Kier molecular flexibility index (Phi) is 3.33. The van der Waals surface area contributed by atoms with Crippen LogP contribution in [-0.4, -0.2) is 18.0 Å². The molecule has 0 amide bonds. The first kappa shape index (κ1) is 11.5. The van der Waals surface area contributed by atoms with Crippen LogP contribution in [0, 0.1) is 6.92 Å². The zero-order valence-corrected chi connectivity index (χ0v) is 9.27. The highest BCUT2D eigenvalue weighted by Crippen LogP contribution is 2.12. The molecule has 15 heavy (non-hydrogen) atoms. The summed E-state index contributed by atoms with van der Waals surface area (Å²) in [5, 5.41) is -0.203. The van der Waals surface area contributed by atoms with Gasteiger partial charge in [-0.1, -0.05) is 6.92 Å². The second kappa shape index (κ2) is 4.33. The average molecular weight is 229 g/mol. The first-order valence-corrected chi connectivity index (χ1v) is 5.80. The molecule has 0 saturated carbocycles. The molecule has 0 spiro atoms. The molecule has 1 rings (SSSR count). The molecular formula is C7H11N5O2S. The number of rotatable bonds is 4. The number of azide groups is 1. The van der Waals surface area contributed by atoms with Gasteiger partial charge in [0.1, 0.15) is 5.82 Å². The summed E-state index contributed by atoms with van der Waals surface area (Å²) < 4.78 is 27.0. The maximum absolute atomic E-state index is 11.3. The minimum atomic E-state index is -3.95. The summed E-state index contributed by atoms with van der Waals surface area (Å²) >= 11 is 0. The molecule has 0 aromatic carbocycles. The zero-order chi connectivity index (χ0) is 11.5. The number of aromatic nitrogens is 2. The summed E-state index contributed by atoms with van der Waals surface area (Å²) in [6.07, 6.45) is 2.25. The molecule has 82 valence electrons. The minimum absolute atomic E-state index is 0.203. The number of sulfonamides is 1. The predicted octanol–water partition coefficient (Wildman–Crippen LogP) is 1.60. The van der Waals surface area contributed by atoms with Crippen molar-refractivity contribution in [1.82, 2.24) is 9.55 Å². The first-order valence-electron chi connectivity index (χ1n) is 4.36. The highest BCUT2D eigenvalue weighted by molar-refractivity contribution is 7.89. The van der Waals surface area contributed by atoms with Gasteiger partial charge in [0, 0.05) is 22.2 Å². The lowest BCUT2D eigenvalue weighted by Crippen LogP contribution is -1.97. The van der Waals surface area contributed by atoms with Crippen LogP contribution in [0.3, 0.4) is 0 Å². The van der Waals surface area contributed by atoms with Crippen LogP contribution in [0.25, 0.3) is 10.4 Å². The molecule has 0 aliphatic rings. The van der Waals surface area contributed by atoms with Crippen molar-refractivity contribution < 1.29 is 8.42 Å². The standard InChI is InChI=1S/C7H11N5O2S/c1-3-4-12-5-7(9-6(12)2)15(13,14)11-10-8/h5H,3-4H2,1-2H3. The lowest BCUT2D eigenvalue weighted by atomic mass is 10.5. The topological polar surface area (TPSA) is 101 Å². The molecule has 7 nitrogen and oxygen atoms in total. The van der Waals surface area contributed by atoms with Gasteiger partial charge in [-0.3, -0.25) is 0 Å². The summed E-state index contributed by atoms with van der Waals surface area (Å²) in [6.45, 7) is 4.36. The normalized spacial score (nSPS) is 11.1. The molecule has 0 bridgehead atoms. The summed E-state index contributed by atoms with van der Waals surface area (Å²) in [6, 6.07) is 0. The van der Waals surface area contributed by atoms with Crippen molar-refractivity contribution in [2.24, 2.45) is 4.52 Å². The Morgan fingerprint density at radius 1 is 1.67 bits per heavy atom. The quantitative estimate of drug-likeness (QED) is 0.445. The second-order valence-corrected chi connectivity index (χ2v) is 4.50. The molecule has 0 atom stereocenters. The third-order valence-electron chi connectivity index (χ3n) is 1.83. The Balaban J connectivity index is 3.18. The van der Waals surface area contributed by atoms with Crippen LogP contribution in [0.15, 0.2) is 15.7 Å². The molecule has 8 heteroatoms. The fraction of sp³-hybridized carbons (Fsp3) is 0.571. The largest absolute Gasteiger partial charge is 0.334 e. The third kappa shape index (κ3) is 2.48. The predicted molar refractivity (Wildman–Crippen MR) is 53.6 cm³/mol. The van der Waals surface area contributed by atoms with Crippen LogP contribution < -0.4 is 0 Å². The molecule has 0 aliphatic heterocycles. The van der Waals surface area contributed by atoms with E-state index in [2.05, 4.69) is 14.4 Å². The van der Waals surface area contributed by atoms with E-state index in [1.54, 1.807) is 11.5 Å². The van der Waals surface area contributed by atoms with Crippen LogP contribution in [0.5, 0.6) is 0 Å². The van der Waals surface area contributed by atoms with Gasteiger partial charge in [0.05, 0.1) is 0 Å². The van der Waals surface area contributed by atoms with Crippen molar-refractivity contribution in [3.8, 4) is 0 Å². The number of imidazole rings is 1. The molecule has 1 aromatic rings. The molecule has 1 aromatic heterocycles. The van der Waals surface area contributed by atoms with E-state index in [0.29, 0.717) is 12.4 Å². The van der Waals surface area contributed by atoms with Crippen LogP contribution in [0.1, 0.15) is 19.2 Å². The van der Waals surface area contributed by atoms with Crippen molar-refractivity contribution >= 4 is 10.0 Å². The van der Waals surface area contributed by atoms with Crippen molar-refractivity contribution in [2.75, 3.05) is 0 Å². The van der Waals surface area contributed by atoms with Crippen molar-refractivity contribution in [1.29, 1.82) is 0 Å². The maximum Gasteiger partial charge on any atom is 0.283 e. The number of hydrogen-bond donors (Lipinski definition) is 0. The monoisotopic (exact) mass is 229 g/mol. The van der Waals surface area contributed by atoms with Gasteiger partial charge in [0.15, 0.2) is 5.03 Å². The fourth-order valence-corrected chi connectivity index (χ4v) is 1.85. The Labute approximate surface area is 87.4 Å². The van der Waals surface area contributed by atoms with E-state index in [9.17, 15) is 8.42 Å². The van der Waals surface area contributed by atoms with Crippen molar-refractivity contribution in [3.05, 3.63) is 22.5 Å². The lowest BCUT2D eigenvalue weighted by molar-refractivity contribution is 0.594. The van der Waals surface area contributed by atoms with E-state index in [1.807, 2.05) is 6.92 Å². The number of hydrogen-bond acceptors (Lipinski definition) is 3. The van der Waals surface area contributed by atoms with Gasteiger partial charge in [-0.2, -0.15) is 0 Å². The average Bonchev–Trinajstić information content (AvgIpc) is 2.49. The van der Waals surface area contributed by atoms with Crippen LogP contribution in [0.4, 0.5) is 0 Å². The van der Waals surface area contributed by atoms with E-state index in [4.69, 9.17) is 5.53 Å². The fourth-order valence-electron chi connectivity index (χ4n) is 1.16.